The van der Waals surface area contributed by atoms with Crippen molar-refractivity contribution in [2.24, 2.45) is 0 Å². The van der Waals surface area contributed by atoms with Gasteiger partial charge in [-0.3, -0.25) is 28.8 Å². The fourth-order valence-corrected chi connectivity index (χ4v) is 5.31. The van der Waals surface area contributed by atoms with Crippen molar-refractivity contribution in [3.63, 3.8) is 0 Å². The van der Waals surface area contributed by atoms with Crippen LogP contribution in [0.5, 0.6) is 23.0 Å². The Morgan fingerprint density at radius 3 is 1.19 bits per heavy atom. The highest BCUT2D eigenvalue weighted by Crippen LogP contribution is 2.30. The molecule has 2 aromatic rings. The van der Waals surface area contributed by atoms with E-state index in [0.29, 0.717) is 11.1 Å². The zero-order chi connectivity index (χ0) is 42.5. The summed E-state index contributed by atoms with van der Waals surface area (Å²) < 4.78 is 8.99. The highest BCUT2D eigenvalue weighted by Gasteiger charge is 2.20. The second-order valence-corrected chi connectivity index (χ2v) is 12.6. The number of hydrogen-bond acceptors (Lipinski definition) is 14. The predicted octanol–water partition coefficient (Wildman–Crippen LogP) is 0.671. The first-order valence-corrected chi connectivity index (χ1v) is 17.9. The van der Waals surface area contributed by atoms with Crippen molar-refractivity contribution in [3.8, 4) is 23.0 Å². The van der Waals surface area contributed by atoms with Gasteiger partial charge in [-0.25, -0.2) is 9.59 Å². The number of esters is 2. The third-order valence-electron chi connectivity index (χ3n) is 8.23. The van der Waals surface area contributed by atoms with E-state index < -0.39 is 63.8 Å². The number of nitrogens with zero attached hydrogens (tertiary/aromatic N) is 1. The number of phenolic OH excluding ortho intramolecular Hbond substituents is 4. The lowest BCUT2D eigenvalue weighted by atomic mass is 10.1. The summed E-state index contributed by atoms with van der Waals surface area (Å²) in [6.07, 6.45) is 0.113. The molecule has 20 heteroatoms. The Bertz CT molecular complexity index is 1620. The highest BCUT2D eigenvalue weighted by molar-refractivity contribution is 5.96. The highest BCUT2D eigenvalue weighted by atomic mass is 16.5. The van der Waals surface area contributed by atoms with Gasteiger partial charge >= 0.3 is 17.9 Å². The summed E-state index contributed by atoms with van der Waals surface area (Å²) in [7, 11) is 2.18. The number of rotatable bonds is 24. The molecule has 0 radical (unpaired) electrons. The van der Waals surface area contributed by atoms with Crippen LogP contribution in [0.1, 0.15) is 89.6 Å². The van der Waals surface area contributed by atoms with Gasteiger partial charge in [-0.1, -0.05) is 0 Å². The number of hydrogen-bond donors (Lipinski definition) is 9. The number of ether oxygens (including phenoxy) is 2. The molecule has 57 heavy (non-hydrogen) atoms. The number of nitrogens with one attached hydrogen (secondary N) is 4. The Hall–Kier alpha value is -6.60. The Balaban J connectivity index is 1.73. The maximum absolute atomic E-state index is 12.8. The van der Waals surface area contributed by atoms with Gasteiger partial charge in [0.15, 0.2) is 0 Å². The molecule has 312 valence electrons. The van der Waals surface area contributed by atoms with Crippen molar-refractivity contribution >= 4 is 47.4 Å². The molecule has 0 unspecified atom stereocenters. The van der Waals surface area contributed by atoms with Crippen molar-refractivity contribution in [1.29, 1.82) is 0 Å². The van der Waals surface area contributed by atoms with Crippen molar-refractivity contribution in [1.82, 2.24) is 26.2 Å². The van der Waals surface area contributed by atoms with Crippen LogP contribution in [0.15, 0.2) is 24.3 Å². The van der Waals surface area contributed by atoms with Gasteiger partial charge in [-0.2, -0.15) is 0 Å². The minimum absolute atomic E-state index is 0.0131. The van der Waals surface area contributed by atoms with Gasteiger partial charge in [-0.05, 0) is 54.7 Å². The fraction of sp³-hybridized carbons (Fsp3) is 0.459. The van der Waals surface area contributed by atoms with Gasteiger partial charge in [0, 0.05) is 77.8 Å². The lowest BCUT2D eigenvalue weighted by Crippen LogP contribution is -2.42. The molecule has 0 aliphatic carbocycles. The molecule has 0 aliphatic heterocycles. The number of carbonyl (C=O) groups excluding carboxylic acids is 7. The van der Waals surface area contributed by atoms with Gasteiger partial charge in [0.05, 0.1) is 14.2 Å². The van der Waals surface area contributed by atoms with Crippen LogP contribution in [0.25, 0.3) is 0 Å². The average Bonchev–Trinajstić information content (AvgIpc) is 3.14. The number of carboxylic acids is 1. The van der Waals surface area contributed by atoms with E-state index in [1.807, 2.05) is 0 Å². The zero-order valence-corrected chi connectivity index (χ0v) is 31.7. The number of aliphatic carboxylic acids is 1. The molecule has 0 spiro atoms. The Kier molecular flexibility index (Phi) is 19.6. The van der Waals surface area contributed by atoms with E-state index in [-0.39, 0.29) is 115 Å². The molecule has 0 heterocycles. The number of carbonyl (C=O) groups is 8. The minimum atomic E-state index is -1.06. The van der Waals surface area contributed by atoms with E-state index in [2.05, 4.69) is 30.7 Å². The van der Waals surface area contributed by atoms with Crippen LogP contribution >= 0.6 is 0 Å². The summed E-state index contributed by atoms with van der Waals surface area (Å²) in [5.74, 6) is -6.96. The van der Waals surface area contributed by atoms with Gasteiger partial charge in [0.25, 0.3) is 0 Å². The third kappa shape index (κ3) is 16.8. The average molecular weight is 804 g/mol. The molecule has 0 atom stereocenters. The van der Waals surface area contributed by atoms with Crippen LogP contribution < -0.4 is 21.3 Å². The normalized spacial score (nSPS) is 10.5. The van der Waals surface area contributed by atoms with Crippen LogP contribution in [0.3, 0.4) is 0 Å². The molecule has 20 nitrogen and oxygen atoms in total. The van der Waals surface area contributed by atoms with Crippen molar-refractivity contribution in [3.05, 3.63) is 46.5 Å². The molecular weight excluding hydrogens is 754 g/mol. The topological polar surface area (TPSA) is 308 Å². The second kappa shape index (κ2) is 24.0. The van der Waals surface area contributed by atoms with E-state index in [1.165, 1.54) is 29.2 Å². The molecule has 0 saturated heterocycles. The zero-order valence-electron chi connectivity index (χ0n) is 31.7. The minimum Gasteiger partial charge on any atom is -0.507 e. The quantitative estimate of drug-likeness (QED) is 0.0659. The number of carboxylic acid groups (broad SMARTS) is 1. The van der Waals surface area contributed by atoms with E-state index in [4.69, 9.17) is 5.11 Å². The molecule has 0 saturated carbocycles. The maximum Gasteiger partial charge on any atom is 0.345 e. The number of methoxy groups -OCH3 is 2. The molecule has 2 rings (SSSR count). The van der Waals surface area contributed by atoms with Crippen LogP contribution in [0.2, 0.25) is 0 Å². The van der Waals surface area contributed by atoms with Gasteiger partial charge in [0.1, 0.15) is 34.1 Å². The SMILES string of the molecule is COC(=O)c1c(O)cc(CNC(=O)CCCC(=O)NCCN(CCNC(=O)CCCC(=O)NCc2cc(O)c(C(=O)OC)c(O)c2)C(=O)CCCC(=O)O)cc1O. The van der Waals surface area contributed by atoms with Gasteiger partial charge in [0.2, 0.25) is 29.5 Å². The number of phenols is 4. The largest absolute Gasteiger partial charge is 0.507 e. The second-order valence-electron chi connectivity index (χ2n) is 12.6. The summed E-state index contributed by atoms with van der Waals surface area (Å²) in [5, 5.41) is 59.4. The summed E-state index contributed by atoms with van der Waals surface area (Å²) in [4.78, 5) is 97.7. The Morgan fingerprint density at radius 2 is 0.860 bits per heavy atom. The van der Waals surface area contributed by atoms with E-state index >= 15 is 0 Å². The molecule has 0 aliphatic rings. The van der Waals surface area contributed by atoms with Crippen molar-refractivity contribution in [2.75, 3.05) is 40.4 Å². The van der Waals surface area contributed by atoms with E-state index in [1.54, 1.807) is 0 Å². The molecular formula is C37H49N5O15. The van der Waals surface area contributed by atoms with Crippen LogP contribution in [-0.2, 0) is 51.3 Å². The van der Waals surface area contributed by atoms with Crippen molar-refractivity contribution < 1.29 is 73.4 Å². The van der Waals surface area contributed by atoms with Gasteiger partial charge in [-0.15, -0.1) is 0 Å². The molecule has 0 aromatic heterocycles. The molecule has 9 N–H and O–H groups in total. The van der Waals surface area contributed by atoms with Crippen LogP contribution in [0.4, 0.5) is 0 Å². The fourth-order valence-electron chi connectivity index (χ4n) is 5.31. The third-order valence-corrected chi connectivity index (χ3v) is 8.23. The van der Waals surface area contributed by atoms with Crippen LogP contribution in [-0.4, -0.2) is 118 Å². The maximum atomic E-state index is 12.8. The van der Waals surface area contributed by atoms with Crippen LogP contribution in [0, 0.1) is 0 Å². The number of aromatic hydroxyl groups is 4. The summed E-state index contributed by atoms with van der Waals surface area (Å²) in [6.45, 7) is 0.0679. The Labute approximate surface area is 327 Å². The summed E-state index contributed by atoms with van der Waals surface area (Å²) in [6, 6.07) is 4.79. The van der Waals surface area contributed by atoms with Gasteiger partial charge < -0.3 is 61.2 Å². The monoisotopic (exact) mass is 803 g/mol. The molecule has 2 aromatic carbocycles. The molecule has 5 amide bonds. The standard InChI is InChI=1S/C37H49N5O15/c1-56-36(54)34-24(43)16-22(17-25(34)44)20-40-30(49)8-3-6-28(47)38-12-14-42(32(51)10-5-11-33(52)53)15-13-39-29(48)7-4-9-31(50)41-21-23-18-26(45)35(27(46)19-23)37(55)57-2/h16-19,43-46H,3-15,20-21H2,1-2H3,(H,38,47)(H,39,48)(H,40,49)(H,41,50)(H,52,53). The predicted molar refractivity (Wildman–Crippen MR) is 198 cm³/mol. The lowest BCUT2D eigenvalue weighted by Gasteiger charge is -2.23. The lowest BCUT2D eigenvalue weighted by molar-refractivity contribution is -0.137. The number of benzene rings is 2. The van der Waals surface area contributed by atoms with Crippen molar-refractivity contribution in [2.45, 2.75) is 70.9 Å². The first-order valence-electron chi connectivity index (χ1n) is 17.9. The smallest absolute Gasteiger partial charge is 0.345 e. The van der Waals surface area contributed by atoms with E-state index in [9.17, 15) is 58.8 Å². The summed E-state index contributed by atoms with van der Waals surface area (Å²) >= 11 is 0. The Morgan fingerprint density at radius 1 is 0.526 bits per heavy atom. The summed E-state index contributed by atoms with van der Waals surface area (Å²) in [5.41, 5.74) is -0.177. The first-order chi connectivity index (χ1) is 27.1. The molecule has 0 fully saturated rings. The first kappa shape index (κ1) is 46.6. The molecule has 0 bridgehead atoms. The van der Waals surface area contributed by atoms with E-state index in [0.717, 1.165) is 14.2 Å². The number of amides is 5.